The third kappa shape index (κ3) is 1.99. The van der Waals surface area contributed by atoms with Gasteiger partial charge in [0.15, 0.2) is 0 Å². The van der Waals surface area contributed by atoms with Crippen molar-refractivity contribution in [3.63, 3.8) is 0 Å². The molecule has 0 fully saturated rings. The van der Waals surface area contributed by atoms with Gasteiger partial charge in [-0.05, 0) is 49.1 Å². The van der Waals surface area contributed by atoms with Crippen LogP contribution in [-0.2, 0) is 0 Å². The summed E-state index contributed by atoms with van der Waals surface area (Å²) in [4.78, 5) is 0. The standard InChI is InChI=1S/C15H15F/c1-10-4-7-14(15(16)8-10)13-6-5-11(2)12(3)9-13/h4-9H,1-3H3. The van der Waals surface area contributed by atoms with Crippen molar-refractivity contribution in [2.24, 2.45) is 0 Å². The predicted molar refractivity (Wildman–Crippen MR) is 66.0 cm³/mol. The van der Waals surface area contributed by atoms with E-state index in [0.29, 0.717) is 5.56 Å². The SMILES string of the molecule is Cc1ccc(-c2ccc(C)c(C)c2)c(F)c1. The zero-order valence-corrected chi connectivity index (χ0v) is 9.84. The number of hydrogen-bond acceptors (Lipinski definition) is 0. The molecule has 0 heterocycles. The molecule has 16 heavy (non-hydrogen) atoms. The Kier molecular flexibility index (Phi) is 2.78. The van der Waals surface area contributed by atoms with Crippen LogP contribution in [0.1, 0.15) is 16.7 Å². The molecule has 0 radical (unpaired) electrons. The van der Waals surface area contributed by atoms with E-state index in [-0.39, 0.29) is 5.82 Å². The van der Waals surface area contributed by atoms with Crippen LogP contribution in [0.3, 0.4) is 0 Å². The van der Waals surface area contributed by atoms with Gasteiger partial charge in [-0.25, -0.2) is 4.39 Å². The molecule has 0 aliphatic carbocycles. The molecule has 0 N–H and O–H groups in total. The number of aryl methyl sites for hydroxylation is 3. The number of halogens is 1. The maximum Gasteiger partial charge on any atom is 0.131 e. The molecule has 0 spiro atoms. The Morgan fingerprint density at radius 3 is 2.19 bits per heavy atom. The molecule has 0 aromatic heterocycles. The highest BCUT2D eigenvalue weighted by molar-refractivity contribution is 5.65. The lowest BCUT2D eigenvalue weighted by Gasteiger charge is -2.07. The highest BCUT2D eigenvalue weighted by Gasteiger charge is 2.05. The summed E-state index contributed by atoms with van der Waals surface area (Å²) in [6.07, 6.45) is 0. The first-order valence-corrected chi connectivity index (χ1v) is 5.42. The summed E-state index contributed by atoms with van der Waals surface area (Å²) < 4.78 is 13.8. The number of hydrogen-bond donors (Lipinski definition) is 0. The van der Waals surface area contributed by atoms with E-state index in [1.165, 1.54) is 11.1 Å². The first-order chi connectivity index (χ1) is 7.58. The second-order valence-corrected chi connectivity index (χ2v) is 4.28. The van der Waals surface area contributed by atoms with Crippen LogP contribution in [0.2, 0.25) is 0 Å². The van der Waals surface area contributed by atoms with Crippen molar-refractivity contribution >= 4 is 0 Å². The summed E-state index contributed by atoms with van der Waals surface area (Å²) in [6.45, 7) is 6.00. The Balaban J connectivity index is 2.54. The molecule has 0 unspecified atom stereocenters. The van der Waals surface area contributed by atoms with E-state index in [4.69, 9.17) is 0 Å². The number of benzene rings is 2. The van der Waals surface area contributed by atoms with Gasteiger partial charge in [0.2, 0.25) is 0 Å². The second kappa shape index (κ2) is 4.09. The van der Waals surface area contributed by atoms with Gasteiger partial charge < -0.3 is 0 Å². The van der Waals surface area contributed by atoms with E-state index in [0.717, 1.165) is 11.1 Å². The molecule has 0 bridgehead atoms. The van der Waals surface area contributed by atoms with E-state index in [1.54, 1.807) is 6.07 Å². The lowest BCUT2D eigenvalue weighted by Crippen LogP contribution is -1.88. The van der Waals surface area contributed by atoms with Crippen molar-refractivity contribution in [3.05, 3.63) is 58.9 Å². The van der Waals surface area contributed by atoms with Gasteiger partial charge in [0.25, 0.3) is 0 Å². The molecule has 82 valence electrons. The molecule has 2 rings (SSSR count). The van der Waals surface area contributed by atoms with E-state index in [2.05, 4.69) is 6.92 Å². The molecule has 0 nitrogen and oxygen atoms in total. The lowest BCUT2D eigenvalue weighted by molar-refractivity contribution is 0.630. The van der Waals surface area contributed by atoms with Gasteiger partial charge in [0, 0.05) is 5.56 Å². The summed E-state index contributed by atoms with van der Waals surface area (Å²) in [6, 6.07) is 11.4. The fourth-order valence-corrected chi connectivity index (χ4v) is 1.76. The van der Waals surface area contributed by atoms with Gasteiger partial charge in [-0.3, -0.25) is 0 Å². The minimum atomic E-state index is -0.150. The largest absolute Gasteiger partial charge is 0.206 e. The summed E-state index contributed by atoms with van der Waals surface area (Å²) in [5.41, 5.74) is 4.99. The van der Waals surface area contributed by atoms with E-state index < -0.39 is 0 Å². The minimum absolute atomic E-state index is 0.150. The van der Waals surface area contributed by atoms with Gasteiger partial charge >= 0.3 is 0 Å². The normalized spacial score (nSPS) is 10.5. The van der Waals surface area contributed by atoms with Gasteiger partial charge in [0.05, 0.1) is 0 Å². The molecule has 0 saturated carbocycles. The fourth-order valence-electron chi connectivity index (χ4n) is 1.76. The van der Waals surface area contributed by atoms with Crippen molar-refractivity contribution in [2.75, 3.05) is 0 Å². The molecule has 2 aromatic carbocycles. The van der Waals surface area contributed by atoms with Crippen LogP contribution in [-0.4, -0.2) is 0 Å². The molecule has 0 amide bonds. The molecular weight excluding hydrogens is 199 g/mol. The molecule has 0 aliphatic heterocycles. The second-order valence-electron chi connectivity index (χ2n) is 4.28. The van der Waals surface area contributed by atoms with E-state index >= 15 is 0 Å². The zero-order chi connectivity index (χ0) is 11.7. The Hall–Kier alpha value is -1.63. The van der Waals surface area contributed by atoms with Crippen LogP contribution in [0.4, 0.5) is 4.39 Å². The maximum atomic E-state index is 13.8. The quantitative estimate of drug-likeness (QED) is 0.659. The highest BCUT2D eigenvalue weighted by atomic mass is 19.1. The fraction of sp³-hybridized carbons (Fsp3) is 0.200. The molecular formula is C15H15F. The van der Waals surface area contributed by atoms with Crippen molar-refractivity contribution in [1.29, 1.82) is 0 Å². The van der Waals surface area contributed by atoms with Gasteiger partial charge in [-0.1, -0.05) is 30.3 Å². The first kappa shape index (κ1) is 10.9. The molecule has 1 heteroatoms. The Bertz CT molecular complexity index is 527. The van der Waals surface area contributed by atoms with Crippen LogP contribution in [0.25, 0.3) is 11.1 Å². The monoisotopic (exact) mass is 214 g/mol. The third-order valence-corrected chi connectivity index (χ3v) is 2.94. The average Bonchev–Trinajstić information content (AvgIpc) is 2.22. The van der Waals surface area contributed by atoms with Gasteiger partial charge in [0.1, 0.15) is 5.82 Å². The van der Waals surface area contributed by atoms with Crippen LogP contribution in [0.5, 0.6) is 0 Å². The van der Waals surface area contributed by atoms with Gasteiger partial charge in [-0.15, -0.1) is 0 Å². The Morgan fingerprint density at radius 2 is 1.56 bits per heavy atom. The predicted octanol–water partition coefficient (Wildman–Crippen LogP) is 4.42. The Morgan fingerprint density at radius 1 is 0.812 bits per heavy atom. The number of rotatable bonds is 1. The molecule has 2 aromatic rings. The topological polar surface area (TPSA) is 0 Å². The summed E-state index contributed by atoms with van der Waals surface area (Å²) in [5, 5.41) is 0. The lowest BCUT2D eigenvalue weighted by atomic mass is 9.99. The molecule has 0 atom stereocenters. The van der Waals surface area contributed by atoms with Crippen LogP contribution in [0.15, 0.2) is 36.4 Å². The summed E-state index contributed by atoms with van der Waals surface area (Å²) >= 11 is 0. The highest BCUT2D eigenvalue weighted by Crippen LogP contribution is 2.25. The van der Waals surface area contributed by atoms with E-state index in [1.807, 2.05) is 44.2 Å². The zero-order valence-electron chi connectivity index (χ0n) is 9.84. The summed E-state index contributed by atoms with van der Waals surface area (Å²) in [7, 11) is 0. The smallest absolute Gasteiger partial charge is 0.131 e. The maximum absolute atomic E-state index is 13.8. The van der Waals surface area contributed by atoms with Crippen molar-refractivity contribution in [1.82, 2.24) is 0 Å². The van der Waals surface area contributed by atoms with E-state index in [9.17, 15) is 4.39 Å². The van der Waals surface area contributed by atoms with Crippen molar-refractivity contribution < 1.29 is 4.39 Å². The van der Waals surface area contributed by atoms with Gasteiger partial charge in [-0.2, -0.15) is 0 Å². The first-order valence-electron chi connectivity index (χ1n) is 5.42. The minimum Gasteiger partial charge on any atom is -0.206 e. The van der Waals surface area contributed by atoms with Crippen molar-refractivity contribution in [3.8, 4) is 11.1 Å². The van der Waals surface area contributed by atoms with Crippen LogP contribution < -0.4 is 0 Å². The average molecular weight is 214 g/mol. The van der Waals surface area contributed by atoms with Crippen LogP contribution >= 0.6 is 0 Å². The van der Waals surface area contributed by atoms with Crippen molar-refractivity contribution in [2.45, 2.75) is 20.8 Å². The third-order valence-electron chi connectivity index (χ3n) is 2.94. The van der Waals surface area contributed by atoms with Crippen LogP contribution in [0, 0.1) is 26.6 Å². The molecule has 0 saturated heterocycles. The molecule has 0 aliphatic rings. The summed E-state index contributed by atoms with van der Waals surface area (Å²) in [5.74, 6) is -0.150. The Labute approximate surface area is 95.7 Å².